The van der Waals surface area contributed by atoms with Crippen LogP contribution in [0.2, 0.25) is 10.0 Å². The van der Waals surface area contributed by atoms with Crippen molar-refractivity contribution in [2.75, 3.05) is 0 Å². The fraction of sp³-hybridized carbons (Fsp3) is 0.0667. The van der Waals surface area contributed by atoms with Crippen LogP contribution in [0.5, 0.6) is 17.2 Å². The Morgan fingerprint density at radius 3 is 2.42 bits per heavy atom. The van der Waals surface area contributed by atoms with Crippen LogP contribution in [0.15, 0.2) is 102 Å². The minimum atomic E-state index is -0.242. The Bertz CT molecular complexity index is 1560. The summed E-state index contributed by atoms with van der Waals surface area (Å²) in [5, 5.41) is 6.41. The predicted molar refractivity (Wildman–Crippen MR) is 152 cm³/mol. The molecule has 0 spiro atoms. The van der Waals surface area contributed by atoms with E-state index >= 15 is 0 Å². The van der Waals surface area contributed by atoms with E-state index in [0.717, 1.165) is 27.4 Å². The Hall–Kier alpha value is -3.84. The molecule has 0 fully saturated rings. The van der Waals surface area contributed by atoms with Crippen molar-refractivity contribution in [3.63, 3.8) is 0 Å². The van der Waals surface area contributed by atoms with Gasteiger partial charge in [-0.3, -0.25) is 4.79 Å². The van der Waals surface area contributed by atoms with Gasteiger partial charge in [0.1, 0.15) is 34.6 Å². The second-order valence-corrected chi connectivity index (χ2v) is 10.0. The zero-order chi connectivity index (χ0) is 26.3. The van der Waals surface area contributed by atoms with Gasteiger partial charge in [-0.2, -0.15) is 0 Å². The first-order valence-corrected chi connectivity index (χ1v) is 13.4. The Labute approximate surface area is 234 Å². The second-order valence-electron chi connectivity index (χ2n) is 8.35. The molecule has 0 aliphatic carbocycles. The molecule has 0 aliphatic rings. The number of carbonyl (C=O) groups excluding carboxylic acids is 1. The molecule has 0 saturated heterocycles. The number of thiazole rings is 1. The average molecular weight is 561 g/mol. The number of halogens is 2. The Balaban J connectivity index is 1.19. The quantitative estimate of drug-likeness (QED) is 0.196. The molecule has 4 aromatic carbocycles. The highest BCUT2D eigenvalue weighted by Gasteiger charge is 2.13. The molecule has 1 amide bonds. The van der Waals surface area contributed by atoms with E-state index in [2.05, 4.69) is 10.3 Å². The van der Waals surface area contributed by atoms with Gasteiger partial charge in [0.15, 0.2) is 0 Å². The molecule has 0 bridgehead atoms. The first kappa shape index (κ1) is 25.8. The lowest BCUT2D eigenvalue weighted by atomic mass is 10.2. The van der Waals surface area contributed by atoms with E-state index in [4.69, 9.17) is 32.7 Å². The van der Waals surface area contributed by atoms with Crippen molar-refractivity contribution in [3.05, 3.63) is 129 Å². The Kier molecular flexibility index (Phi) is 8.24. The van der Waals surface area contributed by atoms with Crippen LogP contribution >= 0.6 is 34.5 Å². The number of benzene rings is 4. The zero-order valence-corrected chi connectivity index (χ0v) is 22.4. The molecule has 1 N–H and O–H groups in total. The van der Waals surface area contributed by atoms with Crippen LogP contribution in [0, 0.1) is 0 Å². The molecule has 8 heteroatoms. The third-order valence-corrected chi connectivity index (χ3v) is 7.17. The number of amides is 1. The summed E-state index contributed by atoms with van der Waals surface area (Å²) < 4.78 is 11.8. The standard InChI is InChI=1S/C30H22Cl2N2O3S/c31-26-13-12-21(15-27(26)32)18-36-24-10-5-7-22(16-24)30-34-28(19-38-30)29(35)33-17-20-6-4-11-25(14-20)37-23-8-2-1-3-9-23/h1-16,19H,17-18H2,(H,33,35). The highest BCUT2D eigenvalue weighted by molar-refractivity contribution is 7.13. The van der Waals surface area contributed by atoms with Crippen LogP contribution in [-0.4, -0.2) is 10.9 Å². The van der Waals surface area contributed by atoms with E-state index in [9.17, 15) is 4.79 Å². The smallest absolute Gasteiger partial charge is 0.271 e. The van der Waals surface area contributed by atoms with E-state index in [-0.39, 0.29) is 5.91 Å². The molecule has 190 valence electrons. The minimum Gasteiger partial charge on any atom is -0.489 e. The van der Waals surface area contributed by atoms with Gasteiger partial charge in [0.2, 0.25) is 0 Å². The lowest BCUT2D eigenvalue weighted by Gasteiger charge is -2.08. The van der Waals surface area contributed by atoms with E-state index in [1.807, 2.05) is 84.9 Å². The zero-order valence-electron chi connectivity index (χ0n) is 20.1. The fourth-order valence-electron chi connectivity index (χ4n) is 3.64. The highest BCUT2D eigenvalue weighted by atomic mass is 35.5. The third kappa shape index (κ3) is 6.72. The molecule has 5 rings (SSSR count). The summed E-state index contributed by atoms with van der Waals surface area (Å²) in [4.78, 5) is 17.3. The maximum atomic E-state index is 12.8. The topological polar surface area (TPSA) is 60.5 Å². The lowest BCUT2D eigenvalue weighted by Crippen LogP contribution is -2.23. The summed E-state index contributed by atoms with van der Waals surface area (Å²) in [6.07, 6.45) is 0. The van der Waals surface area contributed by atoms with Crippen LogP contribution in [-0.2, 0) is 13.2 Å². The SMILES string of the molecule is O=C(NCc1cccc(Oc2ccccc2)c1)c1csc(-c2cccc(OCc3ccc(Cl)c(Cl)c3)c2)n1. The first-order valence-electron chi connectivity index (χ1n) is 11.8. The summed E-state index contributed by atoms with van der Waals surface area (Å²) in [6.45, 7) is 0.708. The normalized spacial score (nSPS) is 10.7. The van der Waals surface area contributed by atoms with Gasteiger partial charge < -0.3 is 14.8 Å². The third-order valence-electron chi connectivity index (χ3n) is 5.54. The monoisotopic (exact) mass is 560 g/mol. The van der Waals surface area contributed by atoms with Gasteiger partial charge in [0, 0.05) is 17.5 Å². The van der Waals surface area contributed by atoms with Crippen molar-refractivity contribution >= 4 is 40.4 Å². The maximum Gasteiger partial charge on any atom is 0.271 e. The van der Waals surface area contributed by atoms with Crippen molar-refractivity contribution < 1.29 is 14.3 Å². The number of carbonyl (C=O) groups is 1. The Morgan fingerprint density at radius 1 is 0.789 bits per heavy atom. The predicted octanol–water partition coefficient (Wildman–Crippen LogP) is 8.42. The molecular weight excluding hydrogens is 539 g/mol. The number of ether oxygens (including phenoxy) is 2. The van der Waals surface area contributed by atoms with Crippen LogP contribution in [0.1, 0.15) is 21.6 Å². The molecule has 0 aliphatic heterocycles. The molecule has 38 heavy (non-hydrogen) atoms. The number of para-hydroxylation sites is 1. The number of hydrogen-bond donors (Lipinski definition) is 1. The van der Waals surface area contributed by atoms with Crippen molar-refractivity contribution in [2.45, 2.75) is 13.2 Å². The van der Waals surface area contributed by atoms with Crippen LogP contribution in [0.4, 0.5) is 0 Å². The van der Waals surface area contributed by atoms with Crippen molar-refractivity contribution in [3.8, 4) is 27.8 Å². The van der Waals surface area contributed by atoms with Crippen molar-refractivity contribution in [1.82, 2.24) is 10.3 Å². The van der Waals surface area contributed by atoms with Crippen LogP contribution < -0.4 is 14.8 Å². The maximum absolute atomic E-state index is 12.8. The molecule has 1 heterocycles. The van der Waals surface area contributed by atoms with Gasteiger partial charge in [0.25, 0.3) is 5.91 Å². The summed E-state index contributed by atoms with van der Waals surface area (Å²) in [5.74, 6) is 1.91. The van der Waals surface area contributed by atoms with Gasteiger partial charge in [0.05, 0.1) is 10.0 Å². The van der Waals surface area contributed by atoms with Crippen molar-refractivity contribution in [1.29, 1.82) is 0 Å². The van der Waals surface area contributed by atoms with Crippen LogP contribution in [0.3, 0.4) is 0 Å². The van der Waals surface area contributed by atoms with E-state index in [1.54, 1.807) is 17.5 Å². The highest BCUT2D eigenvalue weighted by Crippen LogP contribution is 2.28. The fourth-order valence-corrected chi connectivity index (χ4v) is 4.76. The van der Waals surface area contributed by atoms with Crippen molar-refractivity contribution in [2.24, 2.45) is 0 Å². The lowest BCUT2D eigenvalue weighted by molar-refractivity contribution is 0.0946. The van der Waals surface area contributed by atoms with E-state index in [0.29, 0.717) is 40.4 Å². The molecule has 5 nitrogen and oxygen atoms in total. The molecule has 0 saturated carbocycles. The number of aromatic nitrogens is 1. The van der Waals surface area contributed by atoms with E-state index in [1.165, 1.54) is 11.3 Å². The minimum absolute atomic E-state index is 0.242. The number of nitrogens with zero attached hydrogens (tertiary/aromatic N) is 1. The van der Waals surface area contributed by atoms with Gasteiger partial charge in [-0.1, -0.05) is 71.7 Å². The van der Waals surface area contributed by atoms with Crippen LogP contribution in [0.25, 0.3) is 10.6 Å². The van der Waals surface area contributed by atoms with Gasteiger partial charge in [-0.25, -0.2) is 4.98 Å². The summed E-state index contributed by atoms with van der Waals surface area (Å²) in [5.41, 5.74) is 3.07. The average Bonchev–Trinajstić information content (AvgIpc) is 3.44. The molecule has 0 radical (unpaired) electrons. The van der Waals surface area contributed by atoms with Gasteiger partial charge in [-0.05, 0) is 59.7 Å². The summed E-state index contributed by atoms with van der Waals surface area (Å²) in [7, 11) is 0. The van der Waals surface area contributed by atoms with E-state index < -0.39 is 0 Å². The molecular formula is C30H22Cl2N2O3S. The largest absolute Gasteiger partial charge is 0.489 e. The number of nitrogens with one attached hydrogen (secondary N) is 1. The van der Waals surface area contributed by atoms with Gasteiger partial charge >= 0.3 is 0 Å². The number of rotatable bonds is 9. The second kappa shape index (κ2) is 12.1. The molecule has 1 aromatic heterocycles. The number of hydrogen-bond acceptors (Lipinski definition) is 5. The summed E-state index contributed by atoms with van der Waals surface area (Å²) in [6, 6.07) is 30.2. The summed E-state index contributed by atoms with van der Waals surface area (Å²) >= 11 is 13.5. The molecule has 0 atom stereocenters. The van der Waals surface area contributed by atoms with Gasteiger partial charge in [-0.15, -0.1) is 11.3 Å². The molecule has 0 unspecified atom stereocenters. The first-order chi connectivity index (χ1) is 18.5. The Morgan fingerprint density at radius 2 is 1.58 bits per heavy atom. The molecule has 5 aromatic rings.